The van der Waals surface area contributed by atoms with Crippen molar-refractivity contribution in [3.05, 3.63) is 72.6 Å². The van der Waals surface area contributed by atoms with Crippen molar-refractivity contribution in [2.24, 2.45) is 5.92 Å². The molecule has 2 atom stereocenters. The maximum Gasteiger partial charge on any atom is 0.407 e. The predicted octanol–water partition coefficient (Wildman–Crippen LogP) is 6.13. The van der Waals surface area contributed by atoms with E-state index in [9.17, 15) is 14.4 Å². The Labute approximate surface area is 265 Å². The van der Waals surface area contributed by atoms with E-state index < -0.39 is 12.1 Å². The number of imidazole rings is 2. The molecule has 2 unspecified atom stereocenters. The minimum atomic E-state index is -0.734. The molecule has 45 heavy (non-hydrogen) atoms. The Morgan fingerprint density at radius 1 is 0.778 bits per heavy atom. The lowest BCUT2D eigenvalue weighted by molar-refractivity contribution is -0.123. The van der Waals surface area contributed by atoms with E-state index in [-0.39, 0.29) is 30.3 Å². The van der Waals surface area contributed by atoms with E-state index in [0.29, 0.717) is 12.2 Å². The van der Waals surface area contributed by atoms with Crippen molar-refractivity contribution in [2.45, 2.75) is 73.0 Å². The molecule has 0 fully saturated rings. The van der Waals surface area contributed by atoms with Gasteiger partial charge in [-0.2, -0.15) is 0 Å². The summed E-state index contributed by atoms with van der Waals surface area (Å²) in [7, 11) is 1.24. The number of H-pyrrole nitrogens is 2. The summed E-state index contributed by atoms with van der Waals surface area (Å²) in [6.07, 6.45) is 4.54. The van der Waals surface area contributed by atoms with Gasteiger partial charge in [0.25, 0.3) is 0 Å². The van der Waals surface area contributed by atoms with Crippen molar-refractivity contribution >= 4 is 17.9 Å². The molecule has 2 aromatic heterocycles. The smallest absolute Gasteiger partial charge is 0.407 e. The lowest BCUT2D eigenvalue weighted by Crippen LogP contribution is -2.44. The second kappa shape index (κ2) is 16.8. The van der Waals surface area contributed by atoms with Gasteiger partial charge < -0.3 is 30.7 Å². The minimum Gasteiger partial charge on any atom is -0.453 e. The van der Waals surface area contributed by atoms with Crippen LogP contribution in [0.4, 0.5) is 4.79 Å². The van der Waals surface area contributed by atoms with E-state index in [1.807, 2.05) is 43.3 Å². The molecule has 0 aliphatic carbocycles. The molecule has 0 saturated carbocycles. The molecule has 11 heteroatoms. The molecule has 0 bridgehead atoms. The van der Waals surface area contributed by atoms with Gasteiger partial charge in [0.1, 0.15) is 17.7 Å². The summed E-state index contributed by atoms with van der Waals surface area (Å²) in [5.41, 5.74) is 5.82. The molecule has 0 saturated heterocycles. The van der Waals surface area contributed by atoms with Crippen LogP contribution in [0.5, 0.6) is 0 Å². The van der Waals surface area contributed by atoms with E-state index in [1.54, 1.807) is 19.3 Å². The third-order valence-electron chi connectivity index (χ3n) is 6.89. The average Bonchev–Trinajstić information content (AvgIpc) is 3.73. The largest absolute Gasteiger partial charge is 0.453 e. The second-order valence-corrected chi connectivity index (χ2v) is 11.0. The number of methoxy groups -OCH3 is 1. The summed E-state index contributed by atoms with van der Waals surface area (Å²) in [6.45, 7) is 12.0. The van der Waals surface area contributed by atoms with E-state index in [2.05, 4.69) is 80.5 Å². The van der Waals surface area contributed by atoms with Gasteiger partial charge in [-0.15, -0.1) is 0 Å². The number of benzene rings is 2. The van der Waals surface area contributed by atoms with Gasteiger partial charge in [-0.25, -0.2) is 14.8 Å². The lowest BCUT2D eigenvalue weighted by Gasteiger charge is -2.20. The van der Waals surface area contributed by atoms with Gasteiger partial charge in [0.05, 0.1) is 43.5 Å². The molecule has 5 N–H and O–H groups in total. The van der Waals surface area contributed by atoms with Crippen molar-refractivity contribution in [3.63, 3.8) is 0 Å². The zero-order valence-corrected chi connectivity index (χ0v) is 27.2. The lowest BCUT2D eigenvalue weighted by atomic mass is 10.0. The normalized spacial score (nSPS) is 12.0. The number of ether oxygens (including phenoxy) is 1. The molecule has 4 rings (SSSR count). The summed E-state index contributed by atoms with van der Waals surface area (Å²) in [5.74, 6) is 1.19. The van der Waals surface area contributed by atoms with Crippen LogP contribution in [0.15, 0.2) is 60.9 Å². The summed E-state index contributed by atoms with van der Waals surface area (Å²) in [4.78, 5) is 50.9. The van der Waals surface area contributed by atoms with Crippen LogP contribution < -0.4 is 16.0 Å². The van der Waals surface area contributed by atoms with Gasteiger partial charge in [-0.3, -0.25) is 9.59 Å². The molecule has 0 spiro atoms. The summed E-state index contributed by atoms with van der Waals surface area (Å²) in [6, 6.07) is 15.4. The molecule has 2 aromatic carbocycles. The van der Waals surface area contributed by atoms with Crippen LogP contribution in [0.1, 0.15) is 72.1 Å². The number of rotatable bonds is 11. The van der Waals surface area contributed by atoms with Crippen molar-refractivity contribution < 1.29 is 19.1 Å². The monoisotopic (exact) mass is 615 g/mol. The fraction of sp³-hybridized carbons (Fsp3) is 0.382. The van der Waals surface area contributed by atoms with E-state index >= 15 is 0 Å². The number of aromatic nitrogens is 4. The molecular formula is C34H45N7O4. The first kappa shape index (κ1) is 34.6. The number of hydrogen-bond acceptors (Lipinski definition) is 6. The Bertz CT molecular complexity index is 1520. The van der Waals surface area contributed by atoms with Crippen molar-refractivity contribution in [2.75, 3.05) is 7.11 Å². The average molecular weight is 616 g/mol. The van der Waals surface area contributed by atoms with Crippen LogP contribution in [-0.2, 0) is 20.9 Å². The van der Waals surface area contributed by atoms with Gasteiger partial charge in [-0.05, 0) is 35.1 Å². The highest BCUT2D eigenvalue weighted by molar-refractivity contribution is 5.85. The number of alkyl carbamates (subject to hydrolysis) is 1. The molecule has 11 nitrogen and oxygen atoms in total. The summed E-state index contributed by atoms with van der Waals surface area (Å²) >= 11 is 0. The van der Waals surface area contributed by atoms with E-state index in [1.165, 1.54) is 13.5 Å². The molecule has 2 heterocycles. The molecule has 240 valence electrons. The molecular weight excluding hydrogens is 570 g/mol. The Hall–Kier alpha value is -4.93. The second-order valence-electron chi connectivity index (χ2n) is 11.0. The maximum absolute atomic E-state index is 12.2. The Morgan fingerprint density at radius 3 is 1.80 bits per heavy atom. The van der Waals surface area contributed by atoms with Crippen LogP contribution in [-0.4, -0.2) is 51.0 Å². The van der Waals surface area contributed by atoms with Crippen molar-refractivity contribution in [3.8, 4) is 33.6 Å². The number of hydrogen-bond donors (Lipinski definition) is 5. The topological polar surface area (TPSA) is 154 Å². The summed E-state index contributed by atoms with van der Waals surface area (Å²) < 4.78 is 4.51. The fourth-order valence-corrected chi connectivity index (χ4v) is 4.38. The zero-order chi connectivity index (χ0) is 32.9. The molecule has 0 aliphatic rings. The Morgan fingerprint density at radius 2 is 1.29 bits per heavy atom. The van der Waals surface area contributed by atoms with Gasteiger partial charge in [-0.1, -0.05) is 89.6 Å². The van der Waals surface area contributed by atoms with Crippen LogP contribution in [0.25, 0.3) is 33.6 Å². The number of amides is 3. The fourth-order valence-electron chi connectivity index (χ4n) is 4.38. The standard InChI is InChI=1S/C31H37N7O4.C3H8/c1-6-27(39)38-28(18(2)3)29-33-16-25(37-29)23-13-9-21(10-14-23)20-7-11-22(12-8-20)24-15-32-26(36-24)17-34-30(40)19(4)35-31(41)42-5;1-3-2/h7-16,18-19,28H,6,17H2,1-5H3,(H,32,36)(H,33,37)(H,34,40)(H,35,41)(H,38,39);3H2,1-2H3. The first-order valence-corrected chi connectivity index (χ1v) is 15.3. The van der Waals surface area contributed by atoms with Crippen molar-refractivity contribution in [1.82, 2.24) is 35.9 Å². The minimum absolute atomic E-state index is 0.00000282. The predicted molar refractivity (Wildman–Crippen MR) is 176 cm³/mol. The first-order chi connectivity index (χ1) is 21.6. The number of carbonyl (C=O) groups excluding carboxylic acids is 3. The molecule has 3 amide bonds. The van der Waals surface area contributed by atoms with Gasteiger partial charge in [0.15, 0.2) is 0 Å². The summed E-state index contributed by atoms with van der Waals surface area (Å²) in [5, 5.41) is 8.20. The van der Waals surface area contributed by atoms with Crippen molar-refractivity contribution in [1.29, 1.82) is 0 Å². The highest BCUT2D eigenvalue weighted by atomic mass is 16.5. The van der Waals surface area contributed by atoms with Crippen LogP contribution in [0.2, 0.25) is 0 Å². The third kappa shape index (κ3) is 9.79. The highest BCUT2D eigenvalue weighted by Gasteiger charge is 2.21. The first-order valence-electron chi connectivity index (χ1n) is 15.3. The van der Waals surface area contributed by atoms with Gasteiger partial charge >= 0.3 is 6.09 Å². The number of aromatic amines is 2. The quantitative estimate of drug-likeness (QED) is 0.137. The Kier molecular flexibility index (Phi) is 12.9. The SMILES string of the molecule is CCC.CCC(=O)NC(c1ncc(-c2ccc(-c3ccc(-c4cnc(CNC(=O)C(C)NC(=O)OC)[nH]4)cc3)cc2)[nH]1)C(C)C. The number of nitrogens with one attached hydrogen (secondary N) is 5. The van der Waals surface area contributed by atoms with Gasteiger partial charge in [0, 0.05) is 6.42 Å². The van der Waals surface area contributed by atoms with Crippen LogP contribution in [0, 0.1) is 5.92 Å². The van der Waals surface area contributed by atoms with E-state index in [4.69, 9.17) is 0 Å². The molecule has 0 radical (unpaired) electrons. The zero-order valence-electron chi connectivity index (χ0n) is 27.2. The van der Waals surface area contributed by atoms with Crippen LogP contribution in [0.3, 0.4) is 0 Å². The highest BCUT2D eigenvalue weighted by Crippen LogP contribution is 2.28. The maximum atomic E-state index is 12.2. The molecule has 0 aliphatic heterocycles. The van der Waals surface area contributed by atoms with Gasteiger partial charge in [0.2, 0.25) is 11.8 Å². The third-order valence-corrected chi connectivity index (χ3v) is 6.89. The van der Waals surface area contributed by atoms with Crippen LogP contribution >= 0.6 is 0 Å². The number of carbonyl (C=O) groups is 3. The molecule has 4 aromatic rings. The number of nitrogens with zero attached hydrogens (tertiary/aromatic N) is 2. The van der Waals surface area contributed by atoms with E-state index in [0.717, 1.165) is 39.5 Å². The Balaban J connectivity index is 0.00000177.